The van der Waals surface area contributed by atoms with Crippen molar-refractivity contribution >= 4 is 40.5 Å². The first-order valence-electron chi connectivity index (χ1n) is 5.45. The van der Waals surface area contributed by atoms with E-state index in [-0.39, 0.29) is 21.2 Å². The Bertz CT molecular complexity index is 671. The zero-order valence-corrected chi connectivity index (χ0v) is 11.8. The van der Waals surface area contributed by atoms with Crippen LogP contribution in [0.2, 0.25) is 5.02 Å². The second-order valence-electron chi connectivity index (χ2n) is 3.71. The van der Waals surface area contributed by atoms with Gasteiger partial charge in [0.05, 0.1) is 23.4 Å². The predicted octanol–water partition coefficient (Wildman–Crippen LogP) is 3.58. The number of amides is 1. The highest BCUT2D eigenvalue weighted by molar-refractivity contribution is 7.12. The largest absolute Gasteiger partial charge is 0.465 e. The molecule has 20 heavy (non-hydrogen) atoms. The fourth-order valence-corrected chi connectivity index (χ4v) is 2.47. The van der Waals surface area contributed by atoms with Gasteiger partial charge in [0, 0.05) is 0 Å². The van der Waals surface area contributed by atoms with Crippen molar-refractivity contribution in [2.24, 2.45) is 0 Å². The van der Waals surface area contributed by atoms with Crippen molar-refractivity contribution in [2.45, 2.75) is 0 Å². The molecule has 0 radical (unpaired) electrons. The lowest BCUT2D eigenvalue weighted by atomic mass is 10.2. The van der Waals surface area contributed by atoms with Crippen molar-refractivity contribution in [1.29, 1.82) is 0 Å². The number of anilines is 1. The molecule has 104 valence electrons. The molecule has 0 spiro atoms. The third kappa shape index (κ3) is 2.81. The Hall–Kier alpha value is -1.92. The Balaban J connectivity index is 2.27. The number of esters is 1. The molecule has 1 N–H and O–H groups in total. The molecule has 0 saturated carbocycles. The second-order valence-corrected chi connectivity index (χ2v) is 5.03. The van der Waals surface area contributed by atoms with Gasteiger partial charge in [-0.15, -0.1) is 11.3 Å². The fourth-order valence-electron chi connectivity index (χ4n) is 1.53. The number of methoxy groups -OCH3 is 1. The number of hydrogen-bond acceptors (Lipinski definition) is 4. The van der Waals surface area contributed by atoms with Crippen LogP contribution in [0.5, 0.6) is 0 Å². The summed E-state index contributed by atoms with van der Waals surface area (Å²) in [5.74, 6) is -2.06. The molecular weight excluding hydrogens is 305 g/mol. The monoisotopic (exact) mass is 313 g/mol. The highest BCUT2D eigenvalue weighted by Gasteiger charge is 2.19. The van der Waals surface area contributed by atoms with Crippen LogP contribution in [0.15, 0.2) is 29.6 Å². The van der Waals surface area contributed by atoms with Gasteiger partial charge in [-0.2, -0.15) is 0 Å². The van der Waals surface area contributed by atoms with Gasteiger partial charge in [0.2, 0.25) is 0 Å². The number of halogens is 2. The maximum absolute atomic E-state index is 13.7. The molecule has 2 rings (SSSR count). The molecule has 7 heteroatoms. The topological polar surface area (TPSA) is 55.4 Å². The van der Waals surface area contributed by atoms with Gasteiger partial charge in [0.1, 0.15) is 4.88 Å². The van der Waals surface area contributed by atoms with Gasteiger partial charge in [-0.3, -0.25) is 4.79 Å². The molecule has 1 amide bonds. The predicted molar refractivity (Wildman–Crippen MR) is 75.0 cm³/mol. The van der Waals surface area contributed by atoms with Crippen LogP contribution in [0.25, 0.3) is 0 Å². The van der Waals surface area contributed by atoms with Crippen molar-refractivity contribution in [3.8, 4) is 0 Å². The average Bonchev–Trinajstić information content (AvgIpc) is 2.89. The van der Waals surface area contributed by atoms with Gasteiger partial charge in [-0.1, -0.05) is 17.7 Å². The third-order valence-electron chi connectivity index (χ3n) is 2.48. The Morgan fingerprint density at radius 2 is 2.10 bits per heavy atom. The molecule has 0 aliphatic carbocycles. The summed E-state index contributed by atoms with van der Waals surface area (Å²) < 4.78 is 18.3. The number of hydrogen-bond donors (Lipinski definition) is 1. The molecule has 1 heterocycles. The summed E-state index contributed by atoms with van der Waals surface area (Å²) in [5, 5.41) is 3.94. The van der Waals surface area contributed by atoms with E-state index >= 15 is 0 Å². The van der Waals surface area contributed by atoms with Gasteiger partial charge in [0.25, 0.3) is 5.91 Å². The first-order valence-corrected chi connectivity index (χ1v) is 6.71. The summed E-state index contributed by atoms with van der Waals surface area (Å²) in [6.45, 7) is 0. The van der Waals surface area contributed by atoms with E-state index in [1.165, 1.54) is 31.4 Å². The summed E-state index contributed by atoms with van der Waals surface area (Å²) in [6, 6.07) is 5.66. The van der Waals surface area contributed by atoms with Crippen LogP contribution in [0.1, 0.15) is 20.0 Å². The summed E-state index contributed by atoms with van der Waals surface area (Å²) in [7, 11) is 1.24. The van der Waals surface area contributed by atoms with Crippen molar-refractivity contribution < 1.29 is 18.7 Å². The maximum Gasteiger partial charge on any atom is 0.350 e. The van der Waals surface area contributed by atoms with E-state index in [4.69, 9.17) is 11.6 Å². The lowest BCUT2D eigenvalue weighted by Gasteiger charge is -2.07. The van der Waals surface area contributed by atoms with Crippen molar-refractivity contribution in [3.05, 3.63) is 50.9 Å². The minimum atomic E-state index is -0.804. The lowest BCUT2D eigenvalue weighted by Crippen LogP contribution is -2.15. The summed E-state index contributed by atoms with van der Waals surface area (Å²) in [4.78, 5) is 23.7. The molecule has 2 aromatic rings. The van der Waals surface area contributed by atoms with Crippen LogP contribution in [0.3, 0.4) is 0 Å². The average molecular weight is 314 g/mol. The number of carbonyl (C=O) groups is 2. The van der Waals surface area contributed by atoms with Crippen LogP contribution in [0.4, 0.5) is 10.1 Å². The molecule has 0 atom stereocenters. The van der Waals surface area contributed by atoms with Crippen LogP contribution < -0.4 is 5.32 Å². The van der Waals surface area contributed by atoms with Crippen molar-refractivity contribution in [1.82, 2.24) is 0 Å². The van der Waals surface area contributed by atoms with Crippen LogP contribution in [-0.2, 0) is 4.74 Å². The number of benzene rings is 1. The Labute approximate surface area is 123 Å². The summed E-state index contributed by atoms with van der Waals surface area (Å²) >= 11 is 6.73. The van der Waals surface area contributed by atoms with Gasteiger partial charge in [-0.25, -0.2) is 9.18 Å². The zero-order chi connectivity index (χ0) is 14.7. The van der Waals surface area contributed by atoms with E-state index in [0.717, 1.165) is 11.3 Å². The van der Waals surface area contributed by atoms with Crippen molar-refractivity contribution in [3.63, 3.8) is 0 Å². The fraction of sp³-hybridized carbons (Fsp3) is 0.0769. The first-order chi connectivity index (χ1) is 9.54. The van der Waals surface area contributed by atoms with E-state index in [2.05, 4.69) is 10.1 Å². The van der Waals surface area contributed by atoms with Crippen LogP contribution in [0, 0.1) is 5.82 Å². The molecule has 0 unspecified atom stereocenters. The molecule has 0 aliphatic rings. The summed E-state index contributed by atoms with van der Waals surface area (Å²) in [5.41, 5.74) is 0.0748. The Kier molecular flexibility index (Phi) is 4.36. The normalized spacial score (nSPS) is 10.2. The number of ether oxygens (including phenoxy) is 1. The Morgan fingerprint density at radius 3 is 2.80 bits per heavy atom. The standard InChI is InChI=1S/C13H9ClFNO3S/c1-19-13(18)11-9(5-6-20-11)16-12(17)7-3-2-4-8(14)10(7)15/h2-6H,1H3,(H,16,17). The maximum atomic E-state index is 13.7. The molecule has 1 aromatic heterocycles. The highest BCUT2D eigenvalue weighted by Crippen LogP contribution is 2.25. The SMILES string of the molecule is COC(=O)c1sccc1NC(=O)c1cccc(Cl)c1F. The molecule has 0 saturated heterocycles. The van der Waals surface area contributed by atoms with Crippen LogP contribution >= 0.6 is 22.9 Å². The van der Waals surface area contributed by atoms with E-state index < -0.39 is 17.7 Å². The second kappa shape index (κ2) is 6.02. The molecule has 0 aliphatic heterocycles. The molecule has 4 nitrogen and oxygen atoms in total. The van der Waals surface area contributed by atoms with E-state index in [9.17, 15) is 14.0 Å². The van der Waals surface area contributed by atoms with Gasteiger partial charge in [0.15, 0.2) is 5.82 Å². The zero-order valence-electron chi connectivity index (χ0n) is 10.3. The minimum Gasteiger partial charge on any atom is -0.465 e. The third-order valence-corrected chi connectivity index (χ3v) is 3.67. The minimum absolute atomic E-state index is 0.142. The first kappa shape index (κ1) is 14.5. The lowest BCUT2D eigenvalue weighted by molar-refractivity contribution is 0.0607. The molecule has 0 fully saturated rings. The van der Waals surface area contributed by atoms with Crippen molar-refractivity contribution in [2.75, 3.05) is 12.4 Å². The summed E-state index contributed by atoms with van der Waals surface area (Å²) in [6.07, 6.45) is 0. The molecule has 1 aromatic carbocycles. The van der Waals surface area contributed by atoms with E-state index in [0.29, 0.717) is 0 Å². The molecule has 0 bridgehead atoms. The number of nitrogens with one attached hydrogen (secondary N) is 1. The van der Waals surface area contributed by atoms with Gasteiger partial charge < -0.3 is 10.1 Å². The number of carbonyl (C=O) groups excluding carboxylic acids is 2. The highest BCUT2D eigenvalue weighted by atomic mass is 35.5. The molecular formula is C13H9ClFNO3S. The van der Waals surface area contributed by atoms with E-state index in [1.54, 1.807) is 5.38 Å². The van der Waals surface area contributed by atoms with Gasteiger partial charge in [-0.05, 0) is 23.6 Å². The van der Waals surface area contributed by atoms with Gasteiger partial charge >= 0.3 is 5.97 Å². The number of thiophene rings is 1. The quantitative estimate of drug-likeness (QED) is 0.881. The Morgan fingerprint density at radius 1 is 1.35 bits per heavy atom. The smallest absolute Gasteiger partial charge is 0.350 e. The van der Waals surface area contributed by atoms with Crippen LogP contribution in [-0.4, -0.2) is 19.0 Å². The van der Waals surface area contributed by atoms with E-state index in [1.807, 2.05) is 0 Å². The number of rotatable bonds is 3.